The summed E-state index contributed by atoms with van der Waals surface area (Å²) in [5.74, 6) is 0. The highest BCUT2D eigenvalue weighted by Gasteiger charge is 1.98. The number of rotatable bonds is 1. The zero-order chi connectivity index (χ0) is 15.6. The maximum absolute atomic E-state index is 4.61. The predicted molar refractivity (Wildman–Crippen MR) is 85.3 cm³/mol. The molecule has 1 aromatic rings. The van der Waals surface area contributed by atoms with Gasteiger partial charge in [0.1, 0.15) is 0 Å². The summed E-state index contributed by atoms with van der Waals surface area (Å²) >= 11 is 0. The summed E-state index contributed by atoms with van der Waals surface area (Å²) in [7, 11) is 1.50. The van der Waals surface area contributed by atoms with Gasteiger partial charge in [-0.15, -0.1) is 0 Å². The van der Waals surface area contributed by atoms with Gasteiger partial charge in [-0.05, 0) is 38.7 Å². The van der Waals surface area contributed by atoms with Crippen molar-refractivity contribution in [3.8, 4) is 0 Å². The highest BCUT2D eigenvalue weighted by Crippen LogP contribution is 2.07. The molecule has 0 aliphatic heterocycles. The Kier molecular flexibility index (Phi) is 34.6. The van der Waals surface area contributed by atoms with Crippen molar-refractivity contribution in [3.05, 3.63) is 36.3 Å². The molecule has 4 heteroatoms. The van der Waals surface area contributed by atoms with Gasteiger partial charge in [-0.25, -0.2) is 0 Å². The second-order valence-electron chi connectivity index (χ2n) is 2.30. The molecule has 1 heterocycles. The van der Waals surface area contributed by atoms with E-state index in [1.165, 1.54) is 18.8 Å². The molecule has 0 aliphatic rings. The van der Waals surface area contributed by atoms with Gasteiger partial charge in [-0.2, -0.15) is 5.10 Å². The molecule has 0 bridgehead atoms. The molecular weight excluding hydrogens is 224 g/mol. The van der Waals surface area contributed by atoms with E-state index in [9.17, 15) is 0 Å². The Morgan fingerprint density at radius 1 is 1.06 bits per heavy atom. The van der Waals surface area contributed by atoms with Crippen molar-refractivity contribution >= 4 is 6.08 Å². The van der Waals surface area contributed by atoms with Crippen molar-refractivity contribution in [2.45, 2.75) is 41.5 Å². The topological polar surface area (TPSA) is 80.7 Å². The molecule has 0 atom stereocenters. The summed E-state index contributed by atoms with van der Waals surface area (Å²) < 4.78 is 0. The van der Waals surface area contributed by atoms with E-state index in [4.69, 9.17) is 0 Å². The summed E-state index contributed by atoms with van der Waals surface area (Å²) in [6, 6.07) is 0. The van der Waals surface area contributed by atoms with Gasteiger partial charge in [0.05, 0.1) is 5.69 Å². The minimum Gasteiger partial charge on any atom is -0.405 e. The van der Waals surface area contributed by atoms with Crippen LogP contribution < -0.4 is 11.5 Å². The van der Waals surface area contributed by atoms with Crippen LogP contribution in [0, 0.1) is 13.8 Å². The van der Waals surface area contributed by atoms with E-state index in [-0.39, 0.29) is 0 Å². The van der Waals surface area contributed by atoms with Crippen molar-refractivity contribution in [1.82, 2.24) is 10.2 Å². The van der Waals surface area contributed by atoms with Crippen molar-refractivity contribution in [2.75, 3.05) is 7.05 Å². The Morgan fingerprint density at radius 3 is 1.50 bits per heavy atom. The number of nitrogens with zero attached hydrogens (tertiary/aromatic N) is 1. The second kappa shape index (κ2) is 24.6. The number of aryl methyl sites for hydroxylation is 1. The highest BCUT2D eigenvalue weighted by molar-refractivity contribution is 5.47. The molecule has 0 aromatic carbocycles. The second-order valence-corrected chi connectivity index (χ2v) is 2.30. The quantitative estimate of drug-likeness (QED) is 0.720. The fourth-order valence-electron chi connectivity index (χ4n) is 0.703. The molecule has 18 heavy (non-hydrogen) atoms. The lowest BCUT2D eigenvalue weighted by molar-refractivity contribution is 1.04. The van der Waals surface area contributed by atoms with E-state index in [0.29, 0.717) is 0 Å². The zero-order valence-electron chi connectivity index (χ0n) is 13.2. The number of nitrogens with two attached hydrogens (primary N) is 2. The number of aromatic amines is 1. The predicted octanol–water partition coefficient (Wildman–Crippen LogP) is 3.39. The molecule has 0 fully saturated rings. The normalized spacial score (nSPS) is 6.44. The summed E-state index contributed by atoms with van der Waals surface area (Å²) in [6.07, 6.45) is 3.00. The summed E-state index contributed by atoms with van der Waals surface area (Å²) in [5.41, 5.74) is 12.4. The number of hydrogen-bond acceptors (Lipinski definition) is 3. The summed E-state index contributed by atoms with van der Waals surface area (Å²) in [6.45, 7) is 18.8. The standard InChI is InChI=1S/C7H10N2.C2H5N.2C2H6.CH5N/c1-4-7-5(2)6(3)8-9-7;1-2-3;3*1-2/h4H,1H2,2-3H3,(H,8,9);2H,1,3H2;2*1-2H3;2H2,1H3. The first-order valence-corrected chi connectivity index (χ1v) is 6.21. The number of H-pyrrole nitrogens is 1. The largest absolute Gasteiger partial charge is 0.405 e. The van der Waals surface area contributed by atoms with E-state index >= 15 is 0 Å². The Bertz CT molecular complexity index is 265. The maximum Gasteiger partial charge on any atom is 0.0874 e. The van der Waals surface area contributed by atoms with Gasteiger partial charge in [-0.3, -0.25) is 5.10 Å². The fraction of sp³-hybridized carbons (Fsp3) is 0.500. The van der Waals surface area contributed by atoms with Crippen molar-refractivity contribution < 1.29 is 0 Å². The summed E-state index contributed by atoms with van der Waals surface area (Å²) in [5, 5.41) is 6.86. The van der Waals surface area contributed by atoms with Gasteiger partial charge in [0, 0.05) is 5.69 Å². The number of nitrogens with one attached hydrogen (secondary N) is 1. The lowest BCUT2D eigenvalue weighted by Gasteiger charge is -1.85. The molecule has 5 N–H and O–H groups in total. The Morgan fingerprint density at radius 2 is 1.39 bits per heavy atom. The lowest BCUT2D eigenvalue weighted by Crippen LogP contribution is -1.73. The van der Waals surface area contributed by atoms with Crippen LogP contribution in [0.4, 0.5) is 0 Å². The molecule has 0 saturated heterocycles. The first-order valence-electron chi connectivity index (χ1n) is 6.21. The van der Waals surface area contributed by atoms with E-state index in [0.717, 1.165) is 11.4 Å². The zero-order valence-corrected chi connectivity index (χ0v) is 13.2. The number of hydrogen-bond donors (Lipinski definition) is 3. The minimum absolute atomic E-state index is 0.951. The Balaban J connectivity index is -0.0000000925. The SMILES string of the molecule is C=CN.C=Cc1n[nH]c(C)c1C.CC.CC.CN. The molecule has 0 spiro atoms. The third kappa shape index (κ3) is 14.5. The van der Waals surface area contributed by atoms with E-state index in [1.807, 2.05) is 41.5 Å². The maximum atomic E-state index is 4.61. The Labute approximate surface area is 113 Å². The summed E-state index contributed by atoms with van der Waals surface area (Å²) in [4.78, 5) is 0. The van der Waals surface area contributed by atoms with Crippen molar-refractivity contribution in [2.24, 2.45) is 11.5 Å². The van der Waals surface area contributed by atoms with Crippen LogP contribution in [-0.4, -0.2) is 17.2 Å². The smallest absolute Gasteiger partial charge is 0.0874 e. The van der Waals surface area contributed by atoms with Gasteiger partial charge < -0.3 is 11.5 Å². The van der Waals surface area contributed by atoms with Crippen LogP contribution in [0.1, 0.15) is 44.6 Å². The van der Waals surface area contributed by atoms with Gasteiger partial charge >= 0.3 is 0 Å². The molecule has 108 valence electrons. The molecule has 0 saturated carbocycles. The third-order valence-corrected chi connectivity index (χ3v) is 1.48. The van der Waals surface area contributed by atoms with Gasteiger partial charge in [-0.1, -0.05) is 40.9 Å². The highest BCUT2D eigenvalue weighted by atomic mass is 15.1. The monoisotopic (exact) mass is 256 g/mol. The average molecular weight is 256 g/mol. The van der Waals surface area contributed by atoms with Crippen LogP contribution in [-0.2, 0) is 0 Å². The number of aromatic nitrogens is 2. The molecule has 0 amide bonds. The molecule has 0 radical (unpaired) electrons. The van der Waals surface area contributed by atoms with Crippen LogP contribution >= 0.6 is 0 Å². The molecule has 1 rings (SSSR count). The first-order chi connectivity index (χ1) is 8.67. The molecule has 1 aromatic heterocycles. The van der Waals surface area contributed by atoms with Crippen molar-refractivity contribution in [1.29, 1.82) is 0 Å². The van der Waals surface area contributed by atoms with E-state index in [2.05, 4.69) is 34.8 Å². The minimum atomic E-state index is 0.951. The van der Waals surface area contributed by atoms with E-state index < -0.39 is 0 Å². The Hall–Kier alpha value is -1.55. The molecular formula is C14H32N4. The average Bonchev–Trinajstić information content (AvgIpc) is 2.77. The van der Waals surface area contributed by atoms with Crippen LogP contribution in [0.15, 0.2) is 19.4 Å². The van der Waals surface area contributed by atoms with E-state index in [1.54, 1.807) is 6.08 Å². The third-order valence-electron chi connectivity index (χ3n) is 1.48. The van der Waals surface area contributed by atoms with Crippen LogP contribution in [0.3, 0.4) is 0 Å². The van der Waals surface area contributed by atoms with Crippen LogP contribution in [0.2, 0.25) is 0 Å². The van der Waals surface area contributed by atoms with Gasteiger partial charge in [0.2, 0.25) is 0 Å². The molecule has 0 unspecified atom stereocenters. The molecule has 4 nitrogen and oxygen atoms in total. The van der Waals surface area contributed by atoms with Gasteiger partial charge in [0.15, 0.2) is 0 Å². The lowest BCUT2D eigenvalue weighted by atomic mass is 10.2. The first kappa shape index (κ1) is 25.3. The molecule has 0 aliphatic carbocycles. The van der Waals surface area contributed by atoms with Crippen LogP contribution in [0.25, 0.3) is 6.08 Å². The van der Waals surface area contributed by atoms with Crippen LogP contribution in [0.5, 0.6) is 0 Å². The van der Waals surface area contributed by atoms with Crippen molar-refractivity contribution in [3.63, 3.8) is 0 Å². The fourth-order valence-corrected chi connectivity index (χ4v) is 0.703. The van der Waals surface area contributed by atoms with Gasteiger partial charge in [0.25, 0.3) is 0 Å².